The third-order valence-corrected chi connectivity index (χ3v) is 8.74. The maximum absolute atomic E-state index is 11.7. The molecule has 12 heteroatoms. The van der Waals surface area contributed by atoms with Crippen LogP contribution in [0.1, 0.15) is 90.8 Å². The normalized spacial score (nSPS) is 22.5. The Morgan fingerprint density at radius 2 is 1.34 bits per heavy atom. The standard InChI is InChI=1S/C35H52N4O8/c1-26(2)13-14-31(28-8-6-10-30(37-28)35(42)43)39-17-20-45-24-23-44-19-15-38(25-27-7-5-9-29(36-27)34(40)41)16-21-46-32-11-3-4-12-33(32)47-22-18-39/h5-10,26,31-33H,3-4,11-25H2,1-2H3,(H,40,41)(H,42,43). The minimum Gasteiger partial charge on any atom is -0.477 e. The summed E-state index contributed by atoms with van der Waals surface area (Å²) in [7, 11) is 0. The molecule has 0 spiro atoms. The van der Waals surface area contributed by atoms with Crippen molar-refractivity contribution in [1.82, 2.24) is 19.8 Å². The summed E-state index contributed by atoms with van der Waals surface area (Å²) in [6.07, 6.45) is 5.89. The van der Waals surface area contributed by atoms with E-state index >= 15 is 0 Å². The smallest absolute Gasteiger partial charge is 0.354 e. The van der Waals surface area contributed by atoms with Gasteiger partial charge in [-0.25, -0.2) is 19.6 Å². The number of hydrogen-bond acceptors (Lipinski definition) is 10. The van der Waals surface area contributed by atoms with Gasteiger partial charge < -0.3 is 29.2 Å². The zero-order valence-corrected chi connectivity index (χ0v) is 27.9. The number of aromatic nitrogens is 2. The molecule has 0 aromatic carbocycles. The van der Waals surface area contributed by atoms with Gasteiger partial charge in [0, 0.05) is 32.7 Å². The van der Waals surface area contributed by atoms with Crippen molar-refractivity contribution < 1.29 is 38.7 Å². The number of pyridine rings is 2. The van der Waals surface area contributed by atoms with Gasteiger partial charge in [0.25, 0.3) is 0 Å². The van der Waals surface area contributed by atoms with Crippen LogP contribution in [-0.2, 0) is 25.5 Å². The van der Waals surface area contributed by atoms with Crippen molar-refractivity contribution in [3.63, 3.8) is 0 Å². The summed E-state index contributed by atoms with van der Waals surface area (Å²) in [5.74, 6) is -1.58. The molecule has 12 nitrogen and oxygen atoms in total. The van der Waals surface area contributed by atoms with Gasteiger partial charge in [0.1, 0.15) is 11.4 Å². The van der Waals surface area contributed by atoms with Crippen LogP contribution >= 0.6 is 0 Å². The number of carbonyl (C=O) groups is 2. The van der Waals surface area contributed by atoms with Gasteiger partial charge in [-0.3, -0.25) is 9.80 Å². The Labute approximate surface area is 278 Å². The first-order chi connectivity index (χ1) is 22.8. The molecule has 4 rings (SSSR count). The third kappa shape index (κ3) is 12.5. The van der Waals surface area contributed by atoms with Gasteiger partial charge in [0.2, 0.25) is 0 Å². The van der Waals surface area contributed by atoms with Crippen LogP contribution < -0.4 is 0 Å². The average molecular weight is 657 g/mol. The topological polar surface area (TPSA) is 144 Å². The molecule has 1 aliphatic heterocycles. The van der Waals surface area contributed by atoms with Crippen molar-refractivity contribution in [2.24, 2.45) is 5.92 Å². The van der Waals surface area contributed by atoms with Gasteiger partial charge >= 0.3 is 11.9 Å². The molecule has 1 saturated heterocycles. The van der Waals surface area contributed by atoms with E-state index in [1.54, 1.807) is 12.1 Å². The molecule has 3 atom stereocenters. The molecule has 2 aromatic rings. The van der Waals surface area contributed by atoms with Gasteiger partial charge in [0.05, 0.1) is 69.3 Å². The quantitative estimate of drug-likeness (QED) is 0.391. The Kier molecular flexibility index (Phi) is 15.5. The molecule has 3 heterocycles. The second kappa shape index (κ2) is 19.7. The van der Waals surface area contributed by atoms with E-state index in [1.165, 1.54) is 12.1 Å². The fourth-order valence-corrected chi connectivity index (χ4v) is 6.17. The summed E-state index contributed by atoms with van der Waals surface area (Å²) in [4.78, 5) is 36.5. The largest absolute Gasteiger partial charge is 0.477 e. The van der Waals surface area contributed by atoms with Crippen molar-refractivity contribution in [3.8, 4) is 0 Å². The molecule has 0 radical (unpaired) electrons. The molecule has 2 aliphatic rings. The summed E-state index contributed by atoms with van der Waals surface area (Å²) in [6.45, 7) is 10.4. The summed E-state index contributed by atoms with van der Waals surface area (Å²) >= 11 is 0. The van der Waals surface area contributed by atoms with E-state index in [1.807, 2.05) is 12.1 Å². The second-order valence-electron chi connectivity index (χ2n) is 12.7. The monoisotopic (exact) mass is 656 g/mol. The first-order valence-electron chi connectivity index (χ1n) is 17.0. The predicted octanol–water partition coefficient (Wildman–Crippen LogP) is 4.55. The second-order valence-corrected chi connectivity index (χ2v) is 12.7. The summed E-state index contributed by atoms with van der Waals surface area (Å²) in [6, 6.07) is 10.2. The van der Waals surface area contributed by atoms with Crippen LogP contribution in [0.25, 0.3) is 0 Å². The van der Waals surface area contributed by atoms with Crippen LogP contribution in [0.5, 0.6) is 0 Å². The molecule has 2 N–H and O–H groups in total. The van der Waals surface area contributed by atoms with E-state index in [-0.39, 0.29) is 29.6 Å². The summed E-state index contributed by atoms with van der Waals surface area (Å²) < 4.78 is 24.9. The first kappa shape index (κ1) is 36.8. The molecule has 0 amide bonds. The predicted molar refractivity (Wildman–Crippen MR) is 176 cm³/mol. The molecule has 1 saturated carbocycles. The van der Waals surface area contributed by atoms with Gasteiger partial charge in [0.15, 0.2) is 0 Å². The number of aromatic carboxylic acids is 2. The Morgan fingerprint density at radius 1 is 0.766 bits per heavy atom. The molecule has 47 heavy (non-hydrogen) atoms. The SMILES string of the molecule is CC(C)CCC(c1cccc(C(=O)O)n1)N1CCOCCOCCN(Cc2cccc(C(=O)O)n2)CCOC2CCCCC2OCC1. The van der Waals surface area contributed by atoms with Crippen LogP contribution in [0.4, 0.5) is 0 Å². The van der Waals surface area contributed by atoms with Crippen LogP contribution in [-0.4, -0.2) is 120 Å². The highest BCUT2D eigenvalue weighted by atomic mass is 16.5. The third-order valence-electron chi connectivity index (χ3n) is 8.74. The first-order valence-corrected chi connectivity index (χ1v) is 17.0. The molecule has 3 unspecified atom stereocenters. The number of carboxylic acid groups (broad SMARTS) is 2. The molecular formula is C35H52N4O8. The van der Waals surface area contributed by atoms with Gasteiger partial charge in [-0.2, -0.15) is 0 Å². The van der Waals surface area contributed by atoms with Gasteiger partial charge in [-0.15, -0.1) is 0 Å². The number of hydrogen-bond donors (Lipinski definition) is 2. The number of nitrogens with zero attached hydrogens (tertiary/aromatic N) is 4. The Balaban J connectivity index is 1.44. The summed E-state index contributed by atoms with van der Waals surface area (Å²) in [5, 5.41) is 19.0. The number of ether oxygens (including phenoxy) is 4. The average Bonchev–Trinajstić information content (AvgIpc) is 3.06. The zero-order valence-electron chi connectivity index (χ0n) is 27.9. The van der Waals surface area contributed by atoms with Crippen molar-refractivity contribution in [2.75, 3.05) is 65.8 Å². The Hall–Kier alpha value is -3.00. The highest BCUT2D eigenvalue weighted by Crippen LogP contribution is 2.28. The fourth-order valence-electron chi connectivity index (χ4n) is 6.17. The van der Waals surface area contributed by atoms with Crippen molar-refractivity contribution in [1.29, 1.82) is 0 Å². The van der Waals surface area contributed by atoms with Crippen molar-refractivity contribution in [2.45, 2.75) is 77.2 Å². The number of rotatable bonds is 9. The molecule has 0 bridgehead atoms. The van der Waals surface area contributed by atoms with Gasteiger partial charge in [-0.05, 0) is 55.9 Å². The van der Waals surface area contributed by atoms with Gasteiger partial charge in [-0.1, -0.05) is 38.8 Å². The minimum absolute atomic E-state index is 0.00312. The molecule has 1 aliphatic carbocycles. The molecule has 2 fully saturated rings. The lowest BCUT2D eigenvalue weighted by Crippen LogP contribution is -2.40. The number of carboxylic acids is 2. The lowest BCUT2D eigenvalue weighted by Gasteiger charge is -2.35. The van der Waals surface area contributed by atoms with Crippen molar-refractivity contribution >= 4 is 11.9 Å². The molecule has 2 aromatic heterocycles. The van der Waals surface area contributed by atoms with Crippen LogP contribution in [0.3, 0.4) is 0 Å². The lowest BCUT2D eigenvalue weighted by atomic mass is 9.94. The van der Waals surface area contributed by atoms with E-state index in [0.717, 1.165) is 44.2 Å². The Bertz CT molecular complexity index is 1250. The minimum atomic E-state index is -1.04. The van der Waals surface area contributed by atoms with Crippen LogP contribution in [0, 0.1) is 5.92 Å². The summed E-state index contributed by atoms with van der Waals surface area (Å²) in [5.41, 5.74) is 1.53. The van der Waals surface area contributed by atoms with Crippen molar-refractivity contribution in [3.05, 3.63) is 59.2 Å². The maximum Gasteiger partial charge on any atom is 0.354 e. The highest BCUT2D eigenvalue weighted by Gasteiger charge is 2.28. The van der Waals surface area contributed by atoms with E-state index in [2.05, 4.69) is 33.6 Å². The molecule has 260 valence electrons. The zero-order chi connectivity index (χ0) is 33.4. The maximum atomic E-state index is 11.7. The highest BCUT2D eigenvalue weighted by molar-refractivity contribution is 5.85. The van der Waals surface area contributed by atoms with E-state index < -0.39 is 11.9 Å². The molecular weight excluding hydrogens is 604 g/mol. The van der Waals surface area contributed by atoms with E-state index in [0.29, 0.717) is 84.0 Å². The Morgan fingerprint density at radius 3 is 2.00 bits per heavy atom. The van der Waals surface area contributed by atoms with E-state index in [4.69, 9.17) is 18.9 Å². The van der Waals surface area contributed by atoms with Crippen LogP contribution in [0.15, 0.2) is 36.4 Å². The lowest BCUT2D eigenvalue weighted by molar-refractivity contribution is -0.101. The van der Waals surface area contributed by atoms with Crippen LogP contribution in [0.2, 0.25) is 0 Å². The fraction of sp³-hybridized carbons (Fsp3) is 0.657. The van der Waals surface area contributed by atoms with E-state index in [9.17, 15) is 19.8 Å². The number of fused-ring (bicyclic) bond motifs is 1.